The van der Waals surface area contributed by atoms with Crippen LogP contribution in [0.5, 0.6) is 0 Å². The zero-order chi connectivity index (χ0) is 9.97. The van der Waals surface area contributed by atoms with Gasteiger partial charge in [0.1, 0.15) is 10.8 Å². The van der Waals surface area contributed by atoms with Gasteiger partial charge in [0.2, 0.25) is 4.73 Å². The number of hydrogen-bond donors (Lipinski definition) is 0. The normalized spacial score (nSPS) is 10.4. The van der Waals surface area contributed by atoms with Gasteiger partial charge in [-0.2, -0.15) is 4.37 Å². The van der Waals surface area contributed by atoms with Crippen LogP contribution in [0.4, 0.5) is 4.39 Å². The van der Waals surface area contributed by atoms with Crippen LogP contribution >= 0.6 is 27.5 Å². The molecule has 0 unspecified atom stereocenters. The summed E-state index contributed by atoms with van der Waals surface area (Å²) in [5.74, 6) is -0.196. The van der Waals surface area contributed by atoms with E-state index in [1.165, 1.54) is 17.6 Å². The van der Waals surface area contributed by atoms with Gasteiger partial charge in [-0.05, 0) is 39.1 Å². The lowest BCUT2D eigenvalue weighted by molar-refractivity contribution is 0.614. The highest BCUT2D eigenvalue weighted by Gasteiger charge is 2.06. The van der Waals surface area contributed by atoms with E-state index in [4.69, 9.17) is 0 Å². The summed E-state index contributed by atoms with van der Waals surface area (Å²) in [5.41, 5.74) is 0.649. The molecule has 0 atom stereocenters. The molecule has 0 N–H and O–H groups in total. The topological polar surface area (TPSA) is 25.8 Å². The number of rotatable bonds is 2. The summed E-state index contributed by atoms with van der Waals surface area (Å²) in [5, 5.41) is 0.807. The van der Waals surface area contributed by atoms with Gasteiger partial charge in [0, 0.05) is 6.42 Å². The summed E-state index contributed by atoms with van der Waals surface area (Å²) in [6.07, 6.45) is 0.496. The highest BCUT2D eigenvalue weighted by molar-refractivity contribution is 9.10. The first-order valence-electron chi connectivity index (χ1n) is 3.97. The minimum atomic E-state index is -0.196. The molecule has 0 aliphatic heterocycles. The quantitative estimate of drug-likeness (QED) is 0.840. The van der Waals surface area contributed by atoms with Crippen molar-refractivity contribution in [2.24, 2.45) is 0 Å². The first-order chi connectivity index (χ1) is 6.75. The Bertz CT molecular complexity index is 444. The van der Waals surface area contributed by atoms with E-state index in [-0.39, 0.29) is 5.82 Å². The number of aromatic nitrogens is 2. The number of halogens is 2. The second-order valence-electron chi connectivity index (χ2n) is 2.73. The summed E-state index contributed by atoms with van der Waals surface area (Å²) in [7, 11) is 0. The Morgan fingerprint density at radius 3 is 2.79 bits per heavy atom. The molecule has 0 fully saturated rings. The van der Waals surface area contributed by atoms with Crippen LogP contribution in [0.25, 0.3) is 0 Å². The fourth-order valence-corrected chi connectivity index (χ4v) is 2.23. The van der Waals surface area contributed by atoms with Gasteiger partial charge in [0.05, 0.1) is 0 Å². The fraction of sp³-hybridized carbons (Fsp3) is 0.111. The standard InChI is InChI=1S/C9H6BrFN2S/c10-9-12-8(14-13-9)5-6-3-1-2-4-7(6)11/h1-4H,5H2. The van der Waals surface area contributed by atoms with E-state index >= 15 is 0 Å². The maximum Gasteiger partial charge on any atom is 0.209 e. The third-order valence-corrected chi connectivity index (χ3v) is 3.04. The third-order valence-electron chi connectivity index (χ3n) is 1.74. The Labute approximate surface area is 93.1 Å². The molecule has 0 radical (unpaired) electrons. The molecule has 0 saturated heterocycles. The maximum atomic E-state index is 13.2. The molecule has 1 aromatic heterocycles. The lowest BCUT2D eigenvalue weighted by atomic mass is 10.1. The van der Waals surface area contributed by atoms with Crippen LogP contribution in [-0.4, -0.2) is 9.36 Å². The van der Waals surface area contributed by atoms with Crippen molar-refractivity contribution in [2.45, 2.75) is 6.42 Å². The summed E-state index contributed by atoms with van der Waals surface area (Å²) in [4.78, 5) is 4.10. The van der Waals surface area contributed by atoms with Gasteiger partial charge < -0.3 is 0 Å². The predicted molar refractivity (Wildman–Crippen MR) is 56.8 cm³/mol. The number of nitrogens with zero attached hydrogens (tertiary/aromatic N) is 2. The monoisotopic (exact) mass is 272 g/mol. The van der Waals surface area contributed by atoms with E-state index in [1.807, 2.05) is 6.07 Å². The lowest BCUT2D eigenvalue weighted by Crippen LogP contribution is -1.90. The van der Waals surface area contributed by atoms with Crippen molar-refractivity contribution in [3.63, 3.8) is 0 Å². The van der Waals surface area contributed by atoms with Gasteiger partial charge in [-0.3, -0.25) is 0 Å². The third kappa shape index (κ3) is 2.16. The molecule has 0 aliphatic carbocycles. The second-order valence-corrected chi connectivity index (χ2v) is 4.27. The van der Waals surface area contributed by atoms with Crippen molar-refractivity contribution >= 4 is 27.5 Å². The average molecular weight is 273 g/mol. The molecule has 5 heteroatoms. The van der Waals surface area contributed by atoms with Crippen LogP contribution in [0.15, 0.2) is 29.0 Å². The molecule has 0 amide bonds. The molecule has 2 rings (SSSR count). The molecular formula is C9H6BrFN2S. The van der Waals surface area contributed by atoms with Gasteiger partial charge in [-0.25, -0.2) is 9.37 Å². The van der Waals surface area contributed by atoms with Gasteiger partial charge in [0.15, 0.2) is 0 Å². The van der Waals surface area contributed by atoms with E-state index in [1.54, 1.807) is 12.1 Å². The van der Waals surface area contributed by atoms with E-state index in [2.05, 4.69) is 25.3 Å². The number of benzene rings is 1. The van der Waals surface area contributed by atoms with Crippen molar-refractivity contribution in [1.82, 2.24) is 9.36 Å². The summed E-state index contributed by atoms with van der Waals surface area (Å²) < 4.78 is 17.8. The van der Waals surface area contributed by atoms with Crippen molar-refractivity contribution in [1.29, 1.82) is 0 Å². The molecule has 0 spiro atoms. The van der Waals surface area contributed by atoms with E-state index in [9.17, 15) is 4.39 Å². The van der Waals surface area contributed by atoms with Crippen LogP contribution in [-0.2, 0) is 6.42 Å². The first-order valence-corrected chi connectivity index (χ1v) is 5.54. The SMILES string of the molecule is Fc1ccccc1Cc1nc(Br)ns1. The molecule has 1 heterocycles. The summed E-state index contributed by atoms with van der Waals surface area (Å²) >= 11 is 4.44. The van der Waals surface area contributed by atoms with Crippen LogP contribution in [0, 0.1) is 5.82 Å². The fourth-order valence-electron chi connectivity index (χ4n) is 1.11. The molecule has 1 aromatic carbocycles. The predicted octanol–water partition coefficient (Wildman–Crippen LogP) is 3.03. The molecule has 2 aromatic rings. The molecular weight excluding hydrogens is 267 g/mol. The summed E-state index contributed by atoms with van der Waals surface area (Å²) in [6.45, 7) is 0. The zero-order valence-corrected chi connectivity index (χ0v) is 9.48. The Kier molecular flexibility index (Phi) is 2.88. The van der Waals surface area contributed by atoms with Gasteiger partial charge >= 0.3 is 0 Å². The Morgan fingerprint density at radius 1 is 1.36 bits per heavy atom. The maximum absolute atomic E-state index is 13.2. The minimum Gasteiger partial charge on any atom is -0.214 e. The highest BCUT2D eigenvalue weighted by atomic mass is 79.9. The van der Waals surface area contributed by atoms with Crippen molar-refractivity contribution in [2.75, 3.05) is 0 Å². The van der Waals surface area contributed by atoms with Crippen molar-refractivity contribution in [3.8, 4) is 0 Å². The Hall–Kier alpha value is -0.810. The smallest absolute Gasteiger partial charge is 0.209 e. The largest absolute Gasteiger partial charge is 0.214 e. The molecule has 14 heavy (non-hydrogen) atoms. The van der Waals surface area contributed by atoms with E-state index in [0.29, 0.717) is 16.7 Å². The lowest BCUT2D eigenvalue weighted by Gasteiger charge is -1.98. The number of hydrogen-bond acceptors (Lipinski definition) is 3. The molecule has 2 nitrogen and oxygen atoms in total. The first kappa shape index (κ1) is 9.73. The van der Waals surface area contributed by atoms with Crippen LogP contribution < -0.4 is 0 Å². The van der Waals surface area contributed by atoms with Gasteiger partial charge in [-0.15, -0.1) is 0 Å². The molecule has 0 saturated carbocycles. The van der Waals surface area contributed by atoms with Crippen molar-refractivity contribution in [3.05, 3.63) is 45.4 Å². The molecule has 0 bridgehead atoms. The van der Waals surface area contributed by atoms with E-state index < -0.39 is 0 Å². The minimum absolute atomic E-state index is 0.196. The van der Waals surface area contributed by atoms with Crippen LogP contribution in [0.2, 0.25) is 0 Å². The van der Waals surface area contributed by atoms with Gasteiger partial charge in [0.25, 0.3) is 0 Å². The summed E-state index contributed by atoms with van der Waals surface area (Å²) in [6, 6.07) is 6.69. The molecule has 72 valence electrons. The molecule has 0 aliphatic rings. The Balaban J connectivity index is 2.23. The zero-order valence-electron chi connectivity index (χ0n) is 7.08. The van der Waals surface area contributed by atoms with E-state index in [0.717, 1.165) is 5.01 Å². The Morgan fingerprint density at radius 2 is 2.14 bits per heavy atom. The highest BCUT2D eigenvalue weighted by Crippen LogP contribution is 2.16. The van der Waals surface area contributed by atoms with Crippen LogP contribution in [0.3, 0.4) is 0 Å². The van der Waals surface area contributed by atoms with Crippen molar-refractivity contribution < 1.29 is 4.39 Å². The van der Waals surface area contributed by atoms with Gasteiger partial charge in [-0.1, -0.05) is 18.2 Å². The average Bonchev–Trinajstić information content (AvgIpc) is 2.56. The van der Waals surface area contributed by atoms with Crippen LogP contribution in [0.1, 0.15) is 10.6 Å². The second kappa shape index (κ2) is 4.14.